The minimum Gasteiger partial charge on any atom is -0.481 e. The van der Waals surface area contributed by atoms with Crippen molar-refractivity contribution < 1.29 is 14.7 Å². The van der Waals surface area contributed by atoms with E-state index in [0.717, 1.165) is 18.4 Å². The van der Waals surface area contributed by atoms with Gasteiger partial charge in [0.05, 0.1) is 6.42 Å². The van der Waals surface area contributed by atoms with Gasteiger partial charge in [-0.1, -0.05) is 38.1 Å². The van der Waals surface area contributed by atoms with Crippen LogP contribution in [0.1, 0.15) is 50.2 Å². The zero-order valence-corrected chi connectivity index (χ0v) is 13.2. The molecule has 1 aromatic carbocycles. The lowest BCUT2D eigenvalue weighted by atomic mass is 10.0. The van der Waals surface area contributed by atoms with Gasteiger partial charge in [-0.2, -0.15) is 0 Å². The van der Waals surface area contributed by atoms with E-state index in [1.807, 2.05) is 12.1 Å². The van der Waals surface area contributed by atoms with Crippen LogP contribution in [0.2, 0.25) is 0 Å². The number of carboxylic acid groups (broad SMARTS) is 1. The van der Waals surface area contributed by atoms with Crippen molar-refractivity contribution >= 4 is 18.0 Å². The van der Waals surface area contributed by atoms with Crippen LogP contribution in [0, 0.1) is 0 Å². The molecule has 0 aromatic heterocycles. The Kier molecular flexibility index (Phi) is 5.36. The number of rotatable bonds is 7. The van der Waals surface area contributed by atoms with E-state index >= 15 is 0 Å². The Morgan fingerprint density at radius 3 is 2.41 bits per heavy atom. The first-order chi connectivity index (χ1) is 10.5. The van der Waals surface area contributed by atoms with Crippen molar-refractivity contribution in [3.8, 4) is 0 Å². The molecule has 0 radical (unpaired) electrons. The molecule has 0 heterocycles. The predicted molar refractivity (Wildman–Crippen MR) is 86.6 cm³/mol. The summed E-state index contributed by atoms with van der Waals surface area (Å²) in [5.41, 5.74) is 2.25. The van der Waals surface area contributed by atoms with Gasteiger partial charge in [0, 0.05) is 18.7 Å². The highest BCUT2D eigenvalue weighted by atomic mass is 16.4. The molecule has 118 valence electrons. The van der Waals surface area contributed by atoms with Crippen molar-refractivity contribution in [1.29, 1.82) is 0 Å². The van der Waals surface area contributed by atoms with Crippen LogP contribution in [0.5, 0.6) is 0 Å². The molecule has 0 saturated heterocycles. The average Bonchev–Trinajstić information content (AvgIpc) is 3.30. The van der Waals surface area contributed by atoms with Crippen molar-refractivity contribution in [2.24, 2.45) is 0 Å². The van der Waals surface area contributed by atoms with E-state index in [0.29, 0.717) is 5.92 Å². The molecule has 1 aromatic rings. The number of carboxylic acids is 1. The fourth-order valence-corrected chi connectivity index (χ4v) is 2.33. The topological polar surface area (TPSA) is 57.6 Å². The van der Waals surface area contributed by atoms with Gasteiger partial charge in [-0.25, -0.2) is 0 Å². The Morgan fingerprint density at radius 1 is 1.27 bits per heavy atom. The maximum Gasteiger partial charge on any atom is 0.305 e. The summed E-state index contributed by atoms with van der Waals surface area (Å²) in [6.07, 6.45) is 5.29. The van der Waals surface area contributed by atoms with E-state index in [9.17, 15) is 9.59 Å². The highest BCUT2D eigenvalue weighted by Gasteiger charge is 2.31. The summed E-state index contributed by atoms with van der Waals surface area (Å²) in [6, 6.07) is 8.35. The van der Waals surface area contributed by atoms with Crippen LogP contribution in [0.4, 0.5) is 0 Å². The van der Waals surface area contributed by atoms with E-state index in [1.165, 1.54) is 5.56 Å². The van der Waals surface area contributed by atoms with Gasteiger partial charge in [-0.3, -0.25) is 9.59 Å². The second-order valence-electron chi connectivity index (χ2n) is 6.06. The van der Waals surface area contributed by atoms with Crippen LogP contribution in [-0.2, 0) is 9.59 Å². The lowest BCUT2D eigenvalue weighted by Crippen LogP contribution is -2.33. The summed E-state index contributed by atoms with van der Waals surface area (Å²) in [5, 5.41) is 8.77. The first kappa shape index (κ1) is 16.3. The number of carbonyl (C=O) groups excluding carboxylic acids is 1. The number of hydrogen-bond acceptors (Lipinski definition) is 2. The standard InChI is InChI=1S/C18H23NO3/c1-13(2)15-6-3-14(4-7-15)5-10-17(20)19(16-8-9-16)12-11-18(21)22/h3-7,10,13,16H,8-9,11-12H2,1-2H3,(H,21,22)/b10-5+. The average molecular weight is 301 g/mol. The highest BCUT2D eigenvalue weighted by molar-refractivity contribution is 5.92. The smallest absolute Gasteiger partial charge is 0.305 e. The molecule has 0 atom stereocenters. The van der Waals surface area contributed by atoms with Gasteiger partial charge >= 0.3 is 5.97 Å². The first-order valence-corrected chi connectivity index (χ1v) is 7.78. The summed E-state index contributed by atoms with van der Waals surface area (Å²) in [5.74, 6) is -0.482. The molecule has 0 spiro atoms. The molecule has 1 saturated carbocycles. The van der Waals surface area contributed by atoms with Crippen molar-refractivity contribution in [2.45, 2.75) is 45.1 Å². The fraction of sp³-hybridized carbons (Fsp3) is 0.444. The SMILES string of the molecule is CC(C)c1ccc(/C=C/C(=O)N(CCC(=O)O)C2CC2)cc1. The Morgan fingerprint density at radius 2 is 1.91 bits per heavy atom. The normalized spacial score (nSPS) is 14.5. The molecule has 1 N–H and O–H groups in total. The lowest BCUT2D eigenvalue weighted by Gasteiger charge is -2.19. The Hall–Kier alpha value is -2.10. The van der Waals surface area contributed by atoms with Crippen LogP contribution in [0.25, 0.3) is 6.08 Å². The molecule has 2 rings (SSSR count). The van der Waals surface area contributed by atoms with Crippen LogP contribution >= 0.6 is 0 Å². The van der Waals surface area contributed by atoms with Gasteiger partial charge in [0.1, 0.15) is 0 Å². The fourth-order valence-electron chi connectivity index (χ4n) is 2.33. The van der Waals surface area contributed by atoms with Gasteiger partial charge in [-0.05, 0) is 36.0 Å². The van der Waals surface area contributed by atoms with E-state index in [1.54, 1.807) is 17.1 Å². The number of aliphatic carboxylic acids is 1. The molecule has 0 bridgehead atoms. The van der Waals surface area contributed by atoms with Crippen LogP contribution < -0.4 is 0 Å². The monoisotopic (exact) mass is 301 g/mol. The third-order valence-corrected chi connectivity index (χ3v) is 3.86. The third kappa shape index (κ3) is 4.72. The van der Waals surface area contributed by atoms with E-state index in [4.69, 9.17) is 5.11 Å². The first-order valence-electron chi connectivity index (χ1n) is 7.78. The number of nitrogens with zero attached hydrogens (tertiary/aromatic N) is 1. The molecule has 1 amide bonds. The van der Waals surface area contributed by atoms with Crippen molar-refractivity contribution in [3.05, 3.63) is 41.5 Å². The van der Waals surface area contributed by atoms with Gasteiger partial charge in [0.15, 0.2) is 0 Å². The zero-order chi connectivity index (χ0) is 16.1. The van der Waals surface area contributed by atoms with Gasteiger partial charge in [0.25, 0.3) is 0 Å². The zero-order valence-electron chi connectivity index (χ0n) is 13.2. The molecular weight excluding hydrogens is 278 g/mol. The van der Waals surface area contributed by atoms with Crippen molar-refractivity contribution in [2.75, 3.05) is 6.54 Å². The Balaban J connectivity index is 1.97. The molecule has 1 aliphatic rings. The number of amides is 1. The van der Waals surface area contributed by atoms with Crippen LogP contribution in [-0.4, -0.2) is 34.5 Å². The Labute approximate surface area is 131 Å². The summed E-state index contributed by atoms with van der Waals surface area (Å²) in [7, 11) is 0. The quantitative estimate of drug-likeness (QED) is 0.786. The molecule has 1 aliphatic carbocycles. The summed E-state index contributed by atoms with van der Waals surface area (Å²) in [4.78, 5) is 24.6. The van der Waals surface area contributed by atoms with E-state index in [-0.39, 0.29) is 24.9 Å². The molecule has 4 nitrogen and oxygen atoms in total. The number of benzene rings is 1. The molecule has 0 aliphatic heterocycles. The van der Waals surface area contributed by atoms with Crippen molar-refractivity contribution in [3.63, 3.8) is 0 Å². The second kappa shape index (κ2) is 7.25. The van der Waals surface area contributed by atoms with Crippen molar-refractivity contribution in [1.82, 2.24) is 4.90 Å². The van der Waals surface area contributed by atoms with Crippen LogP contribution in [0.15, 0.2) is 30.3 Å². The second-order valence-corrected chi connectivity index (χ2v) is 6.06. The molecule has 0 unspecified atom stereocenters. The lowest BCUT2D eigenvalue weighted by molar-refractivity contribution is -0.138. The summed E-state index contributed by atoms with van der Waals surface area (Å²) in [6.45, 7) is 4.57. The molecule has 4 heteroatoms. The molecule has 22 heavy (non-hydrogen) atoms. The third-order valence-electron chi connectivity index (χ3n) is 3.86. The van der Waals surface area contributed by atoms with E-state index in [2.05, 4.69) is 26.0 Å². The number of hydrogen-bond donors (Lipinski definition) is 1. The minimum atomic E-state index is -0.869. The van der Waals surface area contributed by atoms with Crippen LogP contribution in [0.3, 0.4) is 0 Å². The van der Waals surface area contributed by atoms with Gasteiger partial charge in [0.2, 0.25) is 5.91 Å². The predicted octanol–water partition coefficient (Wildman–Crippen LogP) is 3.29. The maximum absolute atomic E-state index is 12.2. The number of carbonyl (C=O) groups is 2. The largest absolute Gasteiger partial charge is 0.481 e. The maximum atomic E-state index is 12.2. The molecular formula is C18H23NO3. The summed E-state index contributed by atoms with van der Waals surface area (Å²) < 4.78 is 0. The Bertz CT molecular complexity index is 556. The van der Waals surface area contributed by atoms with Gasteiger partial charge in [-0.15, -0.1) is 0 Å². The highest BCUT2D eigenvalue weighted by Crippen LogP contribution is 2.27. The summed E-state index contributed by atoms with van der Waals surface area (Å²) >= 11 is 0. The molecule has 1 fully saturated rings. The van der Waals surface area contributed by atoms with E-state index < -0.39 is 5.97 Å². The minimum absolute atomic E-state index is 0.000828. The van der Waals surface area contributed by atoms with Gasteiger partial charge < -0.3 is 10.0 Å².